The van der Waals surface area contributed by atoms with E-state index in [-0.39, 0.29) is 0 Å². The van der Waals surface area contributed by atoms with E-state index >= 15 is 0 Å². The van der Waals surface area contributed by atoms with Crippen LogP contribution in [-0.4, -0.2) is 4.57 Å². The van der Waals surface area contributed by atoms with E-state index in [0.717, 1.165) is 10.7 Å². The maximum absolute atomic E-state index is 5.92. The number of hydrogen-bond acceptors (Lipinski definition) is 0. The second-order valence-electron chi connectivity index (χ2n) is 3.02. The van der Waals surface area contributed by atoms with Crippen LogP contribution < -0.4 is 0 Å². The van der Waals surface area contributed by atoms with Gasteiger partial charge in [-0.05, 0) is 36.8 Å². The third-order valence-electron chi connectivity index (χ3n) is 2.05. The number of nitrogens with zero attached hydrogens (tertiary/aromatic N) is 1. The first-order valence-corrected chi connectivity index (χ1v) is 4.54. The van der Waals surface area contributed by atoms with Gasteiger partial charge in [-0.2, -0.15) is 0 Å². The van der Waals surface area contributed by atoms with Gasteiger partial charge in [-0.15, -0.1) is 0 Å². The molecule has 1 heterocycles. The zero-order valence-electron chi connectivity index (χ0n) is 7.37. The largest absolute Gasteiger partial charge is 0.324 e. The number of aromatic nitrogens is 1. The molecule has 0 aliphatic rings. The first kappa shape index (κ1) is 8.39. The van der Waals surface area contributed by atoms with Crippen LogP contribution in [0.4, 0.5) is 0 Å². The van der Waals surface area contributed by atoms with Gasteiger partial charge in [0, 0.05) is 23.1 Å². The van der Waals surface area contributed by atoms with Crippen molar-refractivity contribution in [2.45, 2.75) is 6.92 Å². The molecule has 1 aromatic heterocycles. The van der Waals surface area contributed by atoms with Crippen molar-refractivity contribution in [3.05, 3.63) is 53.3 Å². The Labute approximate surface area is 82.6 Å². The van der Waals surface area contributed by atoms with Gasteiger partial charge in [0.25, 0.3) is 0 Å². The van der Waals surface area contributed by atoms with E-state index in [1.54, 1.807) is 0 Å². The smallest absolute Gasteiger partial charge is 0.0493 e. The van der Waals surface area contributed by atoms with Crippen molar-refractivity contribution in [3.63, 3.8) is 0 Å². The normalized spacial score (nSPS) is 10.3. The van der Waals surface area contributed by atoms with Crippen LogP contribution in [0, 0.1) is 6.92 Å². The average Bonchev–Trinajstić information content (AvgIpc) is 2.61. The summed E-state index contributed by atoms with van der Waals surface area (Å²) < 4.78 is 2.06. The number of hydrogen-bond donors (Lipinski definition) is 0. The van der Waals surface area contributed by atoms with E-state index in [1.165, 1.54) is 5.56 Å². The maximum Gasteiger partial charge on any atom is 0.0493 e. The third-order valence-corrected chi connectivity index (χ3v) is 2.29. The highest BCUT2D eigenvalue weighted by Crippen LogP contribution is 2.19. The van der Waals surface area contributed by atoms with Crippen molar-refractivity contribution in [1.82, 2.24) is 4.57 Å². The van der Waals surface area contributed by atoms with Crippen LogP contribution in [-0.2, 0) is 0 Å². The molecular formula is C11H10ClN. The highest BCUT2D eigenvalue weighted by Gasteiger charge is 1.99. The Morgan fingerprint density at radius 3 is 2.54 bits per heavy atom. The lowest BCUT2D eigenvalue weighted by Crippen LogP contribution is -1.92. The summed E-state index contributed by atoms with van der Waals surface area (Å²) in [6.45, 7) is 2.08. The first-order valence-electron chi connectivity index (χ1n) is 4.17. The van der Waals surface area contributed by atoms with E-state index in [4.69, 9.17) is 11.6 Å². The lowest BCUT2D eigenvalue weighted by Gasteiger charge is -2.06. The molecule has 0 unspecified atom stereocenters. The lowest BCUT2D eigenvalue weighted by molar-refractivity contribution is 1.06. The zero-order valence-corrected chi connectivity index (χ0v) is 8.12. The molecule has 0 amide bonds. The third kappa shape index (κ3) is 1.61. The first-order chi connectivity index (χ1) is 6.27. The van der Waals surface area contributed by atoms with Crippen molar-refractivity contribution >= 4 is 11.6 Å². The topological polar surface area (TPSA) is 4.93 Å². The van der Waals surface area contributed by atoms with Gasteiger partial charge in [0.2, 0.25) is 0 Å². The van der Waals surface area contributed by atoms with Crippen molar-refractivity contribution in [2.75, 3.05) is 0 Å². The summed E-state index contributed by atoms with van der Waals surface area (Å²) in [6.07, 6.45) is 4.03. The molecule has 1 aromatic carbocycles. The lowest BCUT2D eigenvalue weighted by atomic mass is 10.2. The zero-order chi connectivity index (χ0) is 9.26. The molecule has 0 spiro atoms. The fraction of sp³-hybridized carbons (Fsp3) is 0.0909. The molecule has 13 heavy (non-hydrogen) atoms. The van der Waals surface area contributed by atoms with Gasteiger partial charge in [-0.1, -0.05) is 17.7 Å². The summed E-state index contributed by atoms with van der Waals surface area (Å²) >= 11 is 5.92. The van der Waals surface area contributed by atoms with Gasteiger partial charge in [0.15, 0.2) is 0 Å². The molecule has 2 heteroatoms. The van der Waals surface area contributed by atoms with Crippen molar-refractivity contribution in [1.29, 1.82) is 0 Å². The fourth-order valence-electron chi connectivity index (χ4n) is 1.36. The molecule has 2 aromatic rings. The van der Waals surface area contributed by atoms with E-state index in [9.17, 15) is 0 Å². The number of aryl methyl sites for hydroxylation is 1. The minimum atomic E-state index is 0.773. The molecule has 2 rings (SSSR count). The van der Waals surface area contributed by atoms with Gasteiger partial charge < -0.3 is 4.57 Å². The average molecular weight is 192 g/mol. The summed E-state index contributed by atoms with van der Waals surface area (Å²) in [4.78, 5) is 0. The van der Waals surface area contributed by atoms with E-state index in [1.807, 2.05) is 42.7 Å². The molecule has 0 atom stereocenters. The summed E-state index contributed by atoms with van der Waals surface area (Å²) in [6, 6.07) is 9.90. The Morgan fingerprint density at radius 1 is 1.15 bits per heavy atom. The van der Waals surface area contributed by atoms with Crippen molar-refractivity contribution in [2.24, 2.45) is 0 Å². The Bertz CT molecular complexity index is 404. The molecule has 0 saturated heterocycles. The Balaban J connectivity index is 2.57. The van der Waals surface area contributed by atoms with Crippen LogP contribution in [0.25, 0.3) is 5.69 Å². The molecule has 1 nitrogen and oxygen atoms in total. The predicted molar refractivity (Wildman–Crippen MR) is 55.5 cm³/mol. The number of halogens is 1. The molecule has 0 saturated carbocycles. The second kappa shape index (κ2) is 3.27. The van der Waals surface area contributed by atoms with Crippen LogP contribution in [0.2, 0.25) is 5.02 Å². The van der Waals surface area contributed by atoms with Crippen LogP contribution in [0.1, 0.15) is 5.56 Å². The van der Waals surface area contributed by atoms with E-state index in [0.29, 0.717) is 0 Å². The molecule has 66 valence electrons. The minimum Gasteiger partial charge on any atom is -0.324 e. The minimum absolute atomic E-state index is 0.773. The Kier molecular flexibility index (Phi) is 2.11. The second-order valence-corrected chi connectivity index (χ2v) is 3.46. The van der Waals surface area contributed by atoms with Gasteiger partial charge >= 0.3 is 0 Å². The molecule has 0 fully saturated rings. The summed E-state index contributed by atoms with van der Waals surface area (Å²) in [5.41, 5.74) is 2.36. The molecular weight excluding hydrogens is 182 g/mol. The Hall–Kier alpha value is -1.21. The van der Waals surface area contributed by atoms with Crippen LogP contribution in [0.5, 0.6) is 0 Å². The molecule has 0 bridgehead atoms. The van der Waals surface area contributed by atoms with Gasteiger partial charge in [0.1, 0.15) is 0 Å². The summed E-state index contributed by atoms with van der Waals surface area (Å²) in [7, 11) is 0. The summed E-state index contributed by atoms with van der Waals surface area (Å²) in [5, 5.41) is 0.773. The summed E-state index contributed by atoms with van der Waals surface area (Å²) in [5.74, 6) is 0. The quantitative estimate of drug-likeness (QED) is 0.651. The predicted octanol–water partition coefficient (Wildman–Crippen LogP) is 3.44. The highest BCUT2D eigenvalue weighted by atomic mass is 35.5. The van der Waals surface area contributed by atoms with Crippen LogP contribution in [0.3, 0.4) is 0 Å². The number of benzene rings is 1. The molecule has 0 aliphatic carbocycles. The van der Waals surface area contributed by atoms with Gasteiger partial charge in [-0.25, -0.2) is 0 Å². The standard InChI is InChI=1S/C11H10ClN/c1-9-4-5-10(12)8-11(9)13-6-2-3-7-13/h2-8H,1H3. The van der Waals surface area contributed by atoms with Crippen LogP contribution >= 0.6 is 11.6 Å². The molecule has 0 radical (unpaired) electrons. The molecule has 0 N–H and O–H groups in total. The fourth-order valence-corrected chi connectivity index (χ4v) is 1.52. The number of rotatable bonds is 1. The van der Waals surface area contributed by atoms with Crippen molar-refractivity contribution < 1.29 is 0 Å². The van der Waals surface area contributed by atoms with Gasteiger partial charge in [-0.3, -0.25) is 0 Å². The maximum atomic E-state index is 5.92. The molecule has 0 aliphatic heterocycles. The van der Waals surface area contributed by atoms with Crippen LogP contribution in [0.15, 0.2) is 42.7 Å². The van der Waals surface area contributed by atoms with E-state index < -0.39 is 0 Å². The monoisotopic (exact) mass is 191 g/mol. The highest BCUT2D eigenvalue weighted by molar-refractivity contribution is 6.30. The van der Waals surface area contributed by atoms with E-state index in [2.05, 4.69) is 11.5 Å². The Morgan fingerprint density at radius 2 is 1.85 bits per heavy atom. The van der Waals surface area contributed by atoms with Crippen molar-refractivity contribution in [3.8, 4) is 5.69 Å². The van der Waals surface area contributed by atoms with Gasteiger partial charge in [0.05, 0.1) is 0 Å². The SMILES string of the molecule is Cc1ccc(Cl)cc1-n1cccc1.